The lowest BCUT2D eigenvalue weighted by Gasteiger charge is -2.11. The van der Waals surface area contributed by atoms with Crippen molar-refractivity contribution in [3.05, 3.63) is 65.6 Å². The Morgan fingerprint density at radius 1 is 1.25 bits per heavy atom. The smallest absolute Gasteiger partial charge is 0.150 e. The van der Waals surface area contributed by atoms with Gasteiger partial charge in [0, 0.05) is 39.2 Å². The van der Waals surface area contributed by atoms with E-state index < -0.39 is 0 Å². The second kappa shape index (κ2) is 8.73. The average molecular weight is 398 g/mol. The Balaban J connectivity index is 2.22. The highest BCUT2D eigenvalue weighted by molar-refractivity contribution is 7.97. The maximum Gasteiger partial charge on any atom is 0.150 e. The molecule has 0 radical (unpaired) electrons. The first-order valence-corrected chi connectivity index (χ1v) is 9.80. The van der Waals surface area contributed by atoms with Gasteiger partial charge in [-0.2, -0.15) is 0 Å². The van der Waals surface area contributed by atoms with Crippen LogP contribution >= 0.6 is 11.9 Å². The van der Waals surface area contributed by atoms with Crippen LogP contribution in [-0.4, -0.2) is 35.8 Å². The van der Waals surface area contributed by atoms with E-state index >= 15 is 0 Å². The maximum atomic E-state index is 14.3. The zero-order valence-corrected chi connectivity index (χ0v) is 17.1. The largest absolute Gasteiger partial charge is 0.337 e. The number of rotatable bonds is 7. The van der Waals surface area contributed by atoms with Gasteiger partial charge in [-0.05, 0) is 74.9 Å². The predicted molar refractivity (Wildman–Crippen MR) is 115 cm³/mol. The molecule has 1 heterocycles. The van der Waals surface area contributed by atoms with Crippen LogP contribution in [-0.2, 0) is 6.54 Å². The third-order valence-electron chi connectivity index (χ3n) is 4.54. The molecule has 3 rings (SSSR count). The van der Waals surface area contributed by atoms with Crippen LogP contribution in [0.3, 0.4) is 0 Å². The molecule has 6 heteroatoms. The third-order valence-corrected chi connectivity index (χ3v) is 5.37. The number of nitrogens with zero attached hydrogens (tertiary/aromatic N) is 2. The number of carbonyl (C=O) groups excluding carboxylic acids is 1. The summed E-state index contributed by atoms with van der Waals surface area (Å²) in [5.41, 5.74) is 9.95. The van der Waals surface area contributed by atoms with Crippen LogP contribution in [0.5, 0.6) is 0 Å². The number of halogens is 1. The first-order chi connectivity index (χ1) is 13.4. The monoisotopic (exact) mass is 397 g/mol. The van der Waals surface area contributed by atoms with Crippen molar-refractivity contribution < 1.29 is 9.18 Å². The van der Waals surface area contributed by atoms with E-state index in [1.54, 1.807) is 18.0 Å². The Kier molecular flexibility index (Phi) is 6.34. The molecule has 2 N–H and O–H groups in total. The summed E-state index contributed by atoms with van der Waals surface area (Å²) >= 11 is 1.64. The van der Waals surface area contributed by atoms with E-state index in [1.165, 1.54) is 6.08 Å². The second-order valence-electron chi connectivity index (χ2n) is 6.76. The van der Waals surface area contributed by atoms with Crippen LogP contribution in [0, 0.1) is 6.92 Å². The Morgan fingerprint density at radius 3 is 2.71 bits per heavy atom. The molecule has 1 aromatic heterocycles. The molecule has 2 aromatic carbocycles. The normalized spacial score (nSPS) is 12.1. The molecule has 0 bridgehead atoms. The van der Waals surface area contributed by atoms with Gasteiger partial charge in [0.05, 0.1) is 6.54 Å². The quantitative estimate of drug-likeness (QED) is 0.459. The van der Waals surface area contributed by atoms with Gasteiger partial charge >= 0.3 is 0 Å². The molecule has 0 aliphatic carbocycles. The van der Waals surface area contributed by atoms with E-state index in [-0.39, 0.29) is 18.9 Å². The molecular formula is C22H24FN3OS. The van der Waals surface area contributed by atoms with Gasteiger partial charge in [0.1, 0.15) is 12.1 Å². The van der Waals surface area contributed by atoms with E-state index in [0.29, 0.717) is 5.56 Å². The molecule has 0 amide bonds. The van der Waals surface area contributed by atoms with Crippen molar-refractivity contribution in [1.82, 2.24) is 8.87 Å². The van der Waals surface area contributed by atoms with Crippen LogP contribution in [0.2, 0.25) is 0 Å². The minimum absolute atomic E-state index is 0.117. The van der Waals surface area contributed by atoms with E-state index in [9.17, 15) is 9.18 Å². The molecule has 3 aromatic rings. The van der Waals surface area contributed by atoms with Gasteiger partial charge in [-0.3, -0.25) is 9.10 Å². The standard InChI is InChI=1S/C22H24FN3OS/c1-15-22(17-5-4-6-19(12-17)28-25(2)3)20-11-16(14-27)7-8-21(20)26(15)13-18(23)9-10-24/h4-9,11-12,14H,10,13,24H2,1-3H3/b18-9-. The first-order valence-electron chi connectivity index (χ1n) is 9.03. The van der Waals surface area contributed by atoms with Crippen molar-refractivity contribution in [1.29, 1.82) is 0 Å². The van der Waals surface area contributed by atoms with Crippen LogP contribution in [0.15, 0.2) is 59.3 Å². The third kappa shape index (κ3) is 4.19. The number of hydrogen-bond donors (Lipinski definition) is 1. The highest BCUT2D eigenvalue weighted by atomic mass is 32.2. The van der Waals surface area contributed by atoms with Crippen LogP contribution < -0.4 is 5.73 Å². The molecular weight excluding hydrogens is 373 g/mol. The topological polar surface area (TPSA) is 51.3 Å². The van der Waals surface area contributed by atoms with E-state index in [4.69, 9.17) is 5.73 Å². The summed E-state index contributed by atoms with van der Waals surface area (Å²) in [6, 6.07) is 13.8. The fraction of sp³-hybridized carbons (Fsp3) is 0.227. The fourth-order valence-corrected chi connectivity index (χ4v) is 4.14. The lowest BCUT2D eigenvalue weighted by atomic mass is 10.0. The van der Waals surface area contributed by atoms with Gasteiger partial charge in [-0.25, -0.2) is 4.39 Å². The van der Waals surface area contributed by atoms with Crippen molar-refractivity contribution in [2.45, 2.75) is 18.4 Å². The number of nitrogens with two attached hydrogens (primary N) is 1. The van der Waals surface area contributed by atoms with Crippen LogP contribution in [0.1, 0.15) is 16.1 Å². The Bertz CT molecular complexity index is 1040. The second-order valence-corrected chi connectivity index (χ2v) is 8.14. The number of carbonyl (C=O) groups is 1. The molecule has 28 heavy (non-hydrogen) atoms. The minimum atomic E-state index is -0.273. The zero-order chi connectivity index (χ0) is 20.3. The van der Waals surface area contributed by atoms with Crippen molar-refractivity contribution >= 4 is 29.1 Å². The van der Waals surface area contributed by atoms with E-state index in [2.05, 4.69) is 12.1 Å². The highest BCUT2D eigenvalue weighted by Gasteiger charge is 2.17. The molecule has 0 spiro atoms. The van der Waals surface area contributed by atoms with Crippen LogP contribution in [0.4, 0.5) is 4.39 Å². The number of allylic oxidation sites excluding steroid dienone is 1. The van der Waals surface area contributed by atoms with Gasteiger partial charge in [0.25, 0.3) is 0 Å². The Morgan fingerprint density at radius 2 is 2.04 bits per heavy atom. The zero-order valence-electron chi connectivity index (χ0n) is 16.3. The highest BCUT2D eigenvalue weighted by Crippen LogP contribution is 2.37. The summed E-state index contributed by atoms with van der Waals surface area (Å²) in [6.45, 7) is 2.26. The lowest BCUT2D eigenvalue weighted by molar-refractivity contribution is 0.112. The van der Waals surface area contributed by atoms with Gasteiger partial charge in [0.2, 0.25) is 0 Å². The molecule has 0 aliphatic heterocycles. The summed E-state index contributed by atoms with van der Waals surface area (Å²) in [5, 5.41) is 0.939. The molecule has 0 saturated carbocycles. The predicted octanol–water partition coefficient (Wildman–Crippen LogP) is 4.81. The summed E-state index contributed by atoms with van der Waals surface area (Å²) in [7, 11) is 3.99. The van der Waals surface area contributed by atoms with Gasteiger partial charge in [-0.15, -0.1) is 0 Å². The first kappa shape index (κ1) is 20.3. The lowest BCUT2D eigenvalue weighted by Crippen LogP contribution is -2.03. The van der Waals surface area contributed by atoms with Crippen molar-refractivity contribution in [2.75, 3.05) is 20.6 Å². The SMILES string of the molecule is Cc1c(-c2cccc(SN(C)C)c2)c2cc(C=O)ccc2n1C/C(F)=C/CN. The molecule has 0 fully saturated rings. The molecule has 0 saturated heterocycles. The van der Waals surface area contributed by atoms with Crippen molar-refractivity contribution in [3.63, 3.8) is 0 Å². The molecule has 4 nitrogen and oxygen atoms in total. The molecule has 0 aliphatic rings. The van der Waals surface area contributed by atoms with Gasteiger partial charge in [0.15, 0.2) is 0 Å². The minimum Gasteiger partial charge on any atom is -0.337 e. The number of benzene rings is 2. The summed E-state index contributed by atoms with van der Waals surface area (Å²) in [4.78, 5) is 12.4. The van der Waals surface area contributed by atoms with Crippen LogP contribution in [0.25, 0.3) is 22.0 Å². The average Bonchev–Trinajstić information content (AvgIpc) is 2.92. The Labute approximate surface area is 169 Å². The Hall–Kier alpha value is -2.41. The van der Waals surface area contributed by atoms with E-state index in [1.807, 2.05) is 54.2 Å². The van der Waals surface area contributed by atoms with Crippen molar-refractivity contribution in [3.8, 4) is 11.1 Å². The van der Waals surface area contributed by atoms with Crippen molar-refractivity contribution in [2.24, 2.45) is 5.73 Å². The summed E-state index contributed by atoms with van der Waals surface area (Å²) in [5.74, 6) is -0.273. The molecule has 146 valence electrons. The summed E-state index contributed by atoms with van der Waals surface area (Å²) in [6.07, 6.45) is 2.22. The van der Waals surface area contributed by atoms with Gasteiger partial charge in [-0.1, -0.05) is 12.1 Å². The number of aromatic nitrogens is 1. The maximum absolute atomic E-state index is 14.3. The summed E-state index contributed by atoms with van der Waals surface area (Å²) < 4.78 is 18.2. The number of hydrogen-bond acceptors (Lipinski definition) is 4. The molecule has 0 unspecified atom stereocenters. The fourth-order valence-electron chi connectivity index (χ4n) is 3.40. The van der Waals surface area contributed by atoms with Gasteiger partial charge < -0.3 is 10.3 Å². The number of fused-ring (bicyclic) bond motifs is 1. The molecule has 0 atom stereocenters. The number of aldehydes is 1. The van der Waals surface area contributed by atoms with E-state index in [0.717, 1.165) is 38.9 Å².